The third-order valence-electron chi connectivity index (χ3n) is 9.37. The van der Waals surface area contributed by atoms with Gasteiger partial charge in [-0.05, 0) is 62.4 Å². The average molecular weight is 633 g/mol. The largest absolute Gasteiger partial charge is 0.508 e. The number of phenolic OH excluding ortho intramolecular Hbond substituents is 1. The maximum atomic E-state index is 16.8. The zero-order valence-electron chi connectivity index (χ0n) is 25.0. The van der Waals surface area contributed by atoms with E-state index in [-0.39, 0.29) is 51.1 Å². The summed E-state index contributed by atoms with van der Waals surface area (Å²) in [5, 5.41) is 15.0. The van der Waals surface area contributed by atoms with Crippen molar-refractivity contribution in [3.05, 3.63) is 47.7 Å². The Morgan fingerprint density at radius 1 is 1.20 bits per heavy atom. The number of hydrogen-bond donors (Lipinski definition) is 2. The van der Waals surface area contributed by atoms with Crippen LogP contribution in [0.4, 0.5) is 14.6 Å². The molecular weight excluding hydrogens is 598 g/mol. The van der Waals surface area contributed by atoms with Crippen LogP contribution in [0.5, 0.6) is 11.8 Å². The highest BCUT2D eigenvalue weighted by atomic mass is 32.2. The van der Waals surface area contributed by atoms with E-state index in [1.54, 1.807) is 6.26 Å². The number of ether oxygens (including phenoxy) is 1. The van der Waals surface area contributed by atoms with Gasteiger partial charge in [0.05, 0.1) is 16.5 Å². The van der Waals surface area contributed by atoms with Crippen molar-refractivity contribution in [2.45, 2.75) is 37.3 Å². The minimum absolute atomic E-state index is 0.00324. The number of terminal acetylenes is 1. The lowest BCUT2D eigenvalue weighted by atomic mass is 9.95. The molecule has 0 bridgehead atoms. The number of pyridine rings is 1. The molecule has 3 aliphatic heterocycles. The van der Waals surface area contributed by atoms with Gasteiger partial charge in [-0.25, -0.2) is 8.78 Å². The number of benzene rings is 2. The van der Waals surface area contributed by atoms with Gasteiger partial charge < -0.3 is 20.1 Å². The first-order chi connectivity index (χ1) is 21.8. The van der Waals surface area contributed by atoms with E-state index in [1.807, 2.05) is 4.90 Å². The van der Waals surface area contributed by atoms with Crippen molar-refractivity contribution in [1.29, 1.82) is 0 Å². The summed E-state index contributed by atoms with van der Waals surface area (Å²) in [6, 6.07) is 5.50. The van der Waals surface area contributed by atoms with Crippen molar-refractivity contribution < 1.29 is 22.8 Å². The Morgan fingerprint density at radius 3 is 2.76 bits per heavy atom. The van der Waals surface area contributed by atoms with Crippen molar-refractivity contribution in [2.75, 3.05) is 56.2 Å². The fourth-order valence-corrected chi connectivity index (χ4v) is 8.13. The van der Waals surface area contributed by atoms with Gasteiger partial charge in [0.15, 0.2) is 5.82 Å². The third-order valence-corrected chi connectivity index (χ3v) is 10.2. The summed E-state index contributed by atoms with van der Waals surface area (Å²) < 4.78 is 49.9. The lowest BCUT2D eigenvalue weighted by molar-refractivity contribution is 0.108. The summed E-state index contributed by atoms with van der Waals surface area (Å²) in [6.45, 7) is 4.20. The van der Waals surface area contributed by atoms with Crippen LogP contribution < -0.4 is 15.0 Å². The van der Waals surface area contributed by atoms with Crippen LogP contribution in [0.2, 0.25) is 0 Å². The molecule has 0 aliphatic carbocycles. The normalized spacial score (nSPS) is 20.4. The molecule has 2 aromatic carbocycles. The van der Waals surface area contributed by atoms with Gasteiger partial charge in [-0.3, -0.25) is 14.1 Å². The van der Waals surface area contributed by atoms with Gasteiger partial charge in [-0.1, -0.05) is 12.0 Å². The van der Waals surface area contributed by atoms with Gasteiger partial charge in [0.1, 0.15) is 35.2 Å². The van der Waals surface area contributed by atoms with Gasteiger partial charge >= 0.3 is 6.01 Å². The topological polar surface area (TPSA) is 104 Å². The number of fused-ring (bicyclic) bond motifs is 3. The van der Waals surface area contributed by atoms with Crippen molar-refractivity contribution in [3.8, 4) is 35.4 Å². The van der Waals surface area contributed by atoms with Crippen LogP contribution in [-0.2, 0) is 10.8 Å². The summed E-state index contributed by atoms with van der Waals surface area (Å²) in [5.41, 5.74) is -0.0949. The van der Waals surface area contributed by atoms with Crippen LogP contribution in [0.1, 0.15) is 31.2 Å². The molecule has 0 radical (unpaired) electrons. The number of aromatic hydroxyl groups is 1. The Hall–Kier alpha value is -3.92. The standard InChI is InChI=1S/C33H34F2N6O3S/c1-3-23-26(34)7-6-20-14-22(42)15-24(27(20)23)29-28(35)30-25(16-37-29)31(40-13-10-36-21(17-40)18-45(2)43)39-32(38-30)44-19-33-8-4-11-41(33)12-5-9-33/h1,6-7,14-16,21,36,42H,4-5,8-13,17-19H2,2H3. The minimum atomic E-state index is -1.00. The van der Waals surface area contributed by atoms with Crippen LogP contribution in [0, 0.1) is 24.0 Å². The molecule has 4 aromatic rings. The van der Waals surface area contributed by atoms with Gasteiger partial charge in [-0.2, -0.15) is 9.97 Å². The SMILES string of the molecule is C#Cc1c(F)ccc2cc(O)cc(-c3ncc4c(N5CCNC(CS(C)=O)C5)nc(OCC56CCCN5CCC6)nc4c3F)c12. The lowest BCUT2D eigenvalue weighted by Gasteiger charge is -2.35. The first-order valence-electron chi connectivity index (χ1n) is 15.2. The van der Waals surface area contributed by atoms with Gasteiger partial charge in [0.25, 0.3) is 0 Å². The summed E-state index contributed by atoms with van der Waals surface area (Å²) >= 11 is 0. The molecule has 3 saturated heterocycles. The Bertz CT molecular complexity index is 1870. The molecule has 234 valence electrons. The number of rotatable bonds is 7. The molecule has 0 saturated carbocycles. The van der Waals surface area contributed by atoms with E-state index < -0.39 is 22.4 Å². The van der Waals surface area contributed by atoms with E-state index in [4.69, 9.17) is 16.1 Å². The smallest absolute Gasteiger partial charge is 0.319 e. The number of piperazine rings is 1. The molecule has 9 nitrogen and oxygen atoms in total. The summed E-state index contributed by atoms with van der Waals surface area (Å²) in [5.74, 6) is 1.78. The number of nitrogens with zero attached hydrogens (tertiary/aromatic N) is 5. The van der Waals surface area contributed by atoms with Crippen molar-refractivity contribution in [3.63, 3.8) is 0 Å². The van der Waals surface area contributed by atoms with Crippen LogP contribution >= 0.6 is 0 Å². The summed E-state index contributed by atoms with van der Waals surface area (Å²) in [7, 11) is -1.00. The molecule has 2 N–H and O–H groups in total. The molecule has 2 unspecified atom stereocenters. The summed E-state index contributed by atoms with van der Waals surface area (Å²) in [4.78, 5) is 18.4. The molecule has 3 aliphatic rings. The van der Waals surface area contributed by atoms with Gasteiger partial charge in [-0.15, -0.1) is 6.42 Å². The van der Waals surface area contributed by atoms with Crippen LogP contribution in [-0.4, -0.2) is 92.1 Å². The van der Waals surface area contributed by atoms with E-state index in [1.165, 1.54) is 30.5 Å². The number of hydrogen-bond acceptors (Lipinski definition) is 9. The highest BCUT2D eigenvalue weighted by Gasteiger charge is 2.45. The van der Waals surface area contributed by atoms with Crippen LogP contribution in [0.3, 0.4) is 0 Å². The molecule has 12 heteroatoms. The Balaban J connectivity index is 1.37. The molecule has 2 aromatic heterocycles. The first kappa shape index (κ1) is 29.8. The van der Waals surface area contributed by atoms with Crippen molar-refractivity contribution in [2.24, 2.45) is 0 Å². The molecule has 0 amide bonds. The van der Waals surface area contributed by atoms with Gasteiger partial charge in [0, 0.05) is 65.6 Å². The third kappa shape index (κ3) is 5.37. The van der Waals surface area contributed by atoms with E-state index in [9.17, 15) is 13.7 Å². The second-order valence-corrected chi connectivity index (χ2v) is 13.7. The average Bonchev–Trinajstić information content (AvgIpc) is 3.60. The molecular formula is C33H34F2N6O3S. The lowest BCUT2D eigenvalue weighted by Crippen LogP contribution is -2.53. The Labute approximate surface area is 262 Å². The second-order valence-electron chi connectivity index (χ2n) is 12.2. The predicted molar refractivity (Wildman–Crippen MR) is 171 cm³/mol. The Morgan fingerprint density at radius 2 is 2.00 bits per heavy atom. The Kier molecular flexibility index (Phi) is 7.79. The number of anilines is 1. The summed E-state index contributed by atoms with van der Waals surface area (Å²) in [6.07, 6.45) is 13.1. The molecule has 5 heterocycles. The van der Waals surface area contributed by atoms with E-state index in [2.05, 4.69) is 26.1 Å². The van der Waals surface area contributed by atoms with Crippen molar-refractivity contribution in [1.82, 2.24) is 25.2 Å². The van der Waals surface area contributed by atoms with E-state index in [0.29, 0.717) is 48.6 Å². The number of nitrogens with one attached hydrogen (secondary N) is 1. The zero-order chi connectivity index (χ0) is 31.3. The highest BCUT2D eigenvalue weighted by Crippen LogP contribution is 2.41. The molecule has 2 atom stereocenters. The molecule has 3 fully saturated rings. The number of aromatic nitrogens is 3. The highest BCUT2D eigenvalue weighted by molar-refractivity contribution is 7.84. The second kappa shape index (κ2) is 11.8. The van der Waals surface area contributed by atoms with Gasteiger partial charge in [0.2, 0.25) is 0 Å². The predicted octanol–water partition coefficient (Wildman–Crippen LogP) is 3.97. The van der Waals surface area contributed by atoms with E-state index in [0.717, 1.165) is 38.8 Å². The van der Waals surface area contributed by atoms with Crippen LogP contribution in [0.15, 0.2) is 30.5 Å². The van der Waals surface area contributed by atoms with E-state index >= 15 is 4.39 Å². The monoisotopic (exact) mass is 632 g/mol. The minimum Gasteiger partial charge on any atom is -0.508 e. The maximum Gasteiger partial charge on any atom is 0.319 e. The number of halogens is 2. The van der Waals surface area contributed by atoms with Crippen molar-refractivity contribution >= 4 is 38.3 Å². The fourth-order valence-electron chi connectivity index (χ4n) is 7.34. The molecule has 7 rings (SSSR count). The van der Waals surface area contributed by atoms with Crippen LogP contribution in [0.25, 0.3) is 32.9 Å². The quantitative estimate of drug-likeness (QED) is 0.293. The number of phenols is 1. The molecule has 0 spiro atoms. The zero-order valence-corrected chi connectivity index (χ0v) is 25.8. The molecule has 45 heavy (non-hydrogen) atoms. The first-order valence-corrected chi connectivity index (χ1v) is 16.9. The fraction of sp³-hybridized carbons (Fsp3) is 0.424. The maximum absolute atomic E-state index is 16.8.